The molecule has 8 heteroatoms. The topological polar surface area (TPSA) is 86.3 Å². The number of nitrogens with zero attached hydrogens (tertiary/aromatic N) is 5. The summed E-state index contributed by atoms with van der Waals surface area (Å²) in [5.74, 6) is 1.34. The Morgan fingerprint density at radius 1 is 0.970 bits per heavy atom. The molecule has 0 atom stereocenters. The summed E-state index contributed by atoms with van der Waals surface area (Å²) < 4.78 is 8.90. The summed E-state index contributed by atoms with van der Waals surface area (Å²) in [6.45, 7) is 0.424. The molecule has 3 aromatic heterocycles. The van der Waals surface area contributed by atoms with Gasteiger partial charge < -0.3 is 10.1 Å². The third-order valence-corrected chi connectivity index (χ3v) is 5.36. The van der Waals surface area contributed by atoms with E-state index in [0.717, 1.165) is 28.5 Å². The predicted molar refractivity (Wildman–Crippen MR) is 125 cm³/mol. The second kappa shape index (κ2) is 8.96. The number of amides is 1. The lowest BCUT2D eigenvalue weighted by Gasteiger charge is -2.06. The van der Waals surface area contributed by atoms with Crippen LogP contribution in [0, 0.1) is 0 Å². The first-order chi connectivity index (χ1) is 16.2. The van der Waals surface area contributed by atoms with E-state index in [4.69, 9.17) is 9.84 Å². The van der Waals surface area contributed by atoms with Crippen molar-refractivity contribution in [2.75, 3.05) is 13.7 Å². The van der Waals surface area contributed by atoms with E-state index in [9.17, 15) is 4.79 Å². The van der Waals surface area contributed by atoms with Gasteiger partial charge in [0.25, 0.3) is 5.91 Å². The number of nitrogens with one attached hydrogen (secondary N) is 1. The van der Waals surface area contributed by atoms with Crippen molar-refractivity contribution in [2.24, 2.45) is 0 Å². The van der Waals surface area contributed by atoms with Gasteiger partial charge in [0, 0.05) is 30.9 Å². The van der Waals surface area contributed by atoms with Gasteiger partial charge in [-0.2, -0.15) is 5.10 Å². The van der Waals surface area contributed by atoms with Crippen LogP contribution in [-0.4, -0.2) is 43.9 Å². The fourth-order valence-electron chi connectivity index (χ4n) is 3.66. The number of ether oxygens (including phenoxy) is 1. The van der Waals surface area contributed by atoms with Crippen LogP contribution < -0.4 is 10.1 Å². The maximum Gasteiger partial charge on any atom is 0.255 e. The lowest BCUT2D eigenvalue weighted by atomic mass is 10.1. The van der Waals surface area contributed by atoms with Crippen LogP contribution in [0.3, 0.4) is 0 Å². The van der Waals surface area contributed by atoms with E-state index < -0.39 is 0 Å². The number of carbonyl (C=O) groups is 1. The van der Waals surface area contributed by atoms with Gasteiger partial charge in [-0.15, -0.1) is 10.2 Å². The van der Waals surface area contributed by atoms with Crippen LogP contribution in [-0.2, 0) is 6.42 Å². The number of fused-ring (bicyclic) bond motifs is 1. The van der Waals surface area contributed by atoms with Crippen LogP contribution in [0.15, 0.2) is 85.2 Å². The first-order valence-corrected chi connectivity index (χ1v) is 10.6. The van der Waals surface area contributed by atoms with Crippen LogP contribution >= 0.6 is 0 Å². The van der Waals surface area contributed by atoms with E-state index in [1.165, 1.54) is 0 Å². The van der Waals surface area contributed by atoms with Gasteiger partial charge >= 0.3 is 0 Å². The second-order valence-electron chi connectivity index (χ2n) is 7.45. The first kappa shape index (κ1) is 20.4. The molecule has 0 unspecified atom stereocenters. The van der Waals surface area contributed by atoms with Crippen molar-refractivity contribution in [1.82, 2.24) is 29.7 Å². The van der Waals surface area contributed by atoms with Crippen LogP contribution in [0.4, 0.5) is 0 Å². The van der Waals surface area contributed by atoms with Crippen molar-refractivity contribution in [2.45, 2.75) is 6.42 Å². The Hall–Kier alpha value is -4.46. The maximum atomic E-state index is 13.2. The lowest BCUT2D eigenvalue weighted by molar-refractivity contribution is 0.0954. The fraction of sp³-hybridized carbons (Fsp3) is 0.120. The van der Waals surface area contributed by atoms with Gasteiger partial charge in [0.15, 0.2) is 5.65 Å². The molecule has 2 aromatic carbocycles. The molecule has 0 spiro atoms. The van der Waals surface area contributed by atoms with Crippen LogP contribution in [0.5, 0.6) is 5.75 Å². The molecule has 3 heterocycles. The van der Waals surface area contributed by atoms with Crippen molar-refractivity contribution in [1.29, 1.82) is 0 Å². The number of hydrogen-bond donors (Lipinski definition) is 1. The second-order valence-corrected chi connectivity index (χ2v) is 7.45. The number of aromatic nitrogens is 5. The molecule has 0 aliphatic carbocycles. The number of carbonyl (C=O) groups excluding carboxylic acids is 1. The normalized spacial score (nSPS) is 10.9. The van der Waals surface area contributed by atoms with Crippen molar-refractivity contribution in [3.8, 4) is 22.7 Å². The van der Waals surface area contributed by atoms with E-state index in [1.807, 2.05) is 83.4 Å². The largest absolute Gasteiger partial charge is 0.497 e. The Bertz CT molecular complexity index is 1390. The molecule has 1 N–H and O–H groups in total. The minimum Gasteiger partial charge on any atom is -0.497 e. The maximum absolute atomic E-state index is 13.2. The van der Waals surface area contributed by atoms with E-state index in [2.05, 4.69) is 15.5 Å². The Morgan fingerprint density at radius 2 is 1.76 bits per heavy atom. The summed E-state index contributed by atoms with van der Waals surface area (Å²) in [5, 5.41) is 16.1. The smallest absolute Gasteiger partial charge is 0.255 e. The molecule has 0 saturated heterocycles. The summed E-state index contributed by atoms with van der Waals surface area (Å²) in [7, 11) is 1.62. The molecule has 33 heavy (non-hydrogen) atoms. The summed E-state index contributed by atoms with van der Waals surface area (Å²) in [5.41, 5.74) is 3.59. The van der Waals surface area contributed by atoms with E-state index >= 15 is 0 Å². The van der Waals surface area contributed by atoms with Crippen molar-refractivity contribution in [3.63, 3.8) is 0 Å². The summed E-state index contributed by atoms with van der Waals surface area (Å²) in [6, 6.07) is 23.0. The molecule has 1 amide bonds. The monoisotopic (exact) mass is 438 g/mol. The molecule has 5 rings (SSSR count). The highest BCUT2D eigenvalue weighted by atomic mass is 16.5. The Labute approximate surface area is 190 Å². The van der Waals surface area contributed by atoms with Gasteiger partial charge in [-0.1, -0.05) is 24.3 Å². The fourth-order valence-corrected chi connectivity index (χ4v) is 3.66. The van der Waals surface area contributed by atoms with E-state index in [0.29, 0.717) is 24.2 Å². The van der Waals surface area contributed by atoms with Crippen molar-refractivity contribution in [3.05, 3.63) is 96.6 Å². The minimum atomic E-state index is -0.197. The van der Waals surface area contributed by atoms with Crippen LogP contribution in [0.25, 0.3) is 22.6 Å². The average molecular weight is 438 g/mol. The Kier molecular flexibility index (Phi) is 5.55. The van der Waals surface area contributed by atoms with Gasteiger partial charge in [0.1, 0.15) is 17.3 Å². The molecule has 0 aliphatic heterocycles. The molecule has 0 bridgehead atoms. The molecule has 0 radical (unpaired) electrons. The predicted octanol–water partition coefficient (Wildman–Crippen LogP) is 3.56. The molecule has 8 nitrogen and oxygen atoms in total. The minimum absolute atomic E-state index is 0.197. The number of benzene rings is 2. The van der Waals surface area contributed by atoms with Gasteiger partial charge in [-0.25, -0.2) is 4.68 Å². The molecule has 0 fully saturated rings. The Morgan fingerprint density at radius 3 is 2.55 bits per heavy atom. The third-order valence-electron chi connectivity index (χ3n) is 5.36. The summed E-state index contributed by atoms with van der Waals surface area (Å²) in [6.07, 6.45) is 4.23. The number of methoxy groups -OCH3 is 1. The number of rotatable bonds is 7. The molecule has 164 valence electrons. The van der Waals surface area contributed by atoms with Crippen molar-refractivity contribution < 1.29 is 9.53 Å². The number of para-hydroxylation sites is 1. The summed E-state index contributed by atoms with van der Waals surface area (Å²) in [4.78, 5) is 13.2. The van der Waals surface area contributed by atoms with E-state index in [1.54, 1.807) is 18.0 Å². The van der Waals surface area contributed by atoms with Gasteiger partial charge in [0.05, 0.1) is 18.4 Å². The van der Waals surface area contributed by atoms with Crippen LogP contribution in [0.1, 0.15) is 16.2 Å². The van der Waals surface area contributed by atoms with E-state index in [-0.39, 0.29) is 5.91 Å². The highest BCUT2D eigenvalue weighted by molar-refractivity contribution is 6.00. The highest BCUT2D eigenvalue weighted by Crippen LogP contribution is 2.26. The highest BCUT2D eigenvalue weighted by Gasteiger charge is 2.19. The van der Waals surface area contributed by atoms with Gasteiger partial charge in [-0.3, -0.25) is 9.20 Å². The standard InChI is InChI=1S/C25H22N6O2/c1-33-20-12-10-18(11-13-20)24-21(17-31(29-24)19-7-3-2-4-8-19)25(32)26-15-14-23-28-27-22-9-5-6-16-30(22)23/h2-13,16-17H,14-15H2,1H3,(H,26,32). The Balaban J connectivity index is 1.40. The van der Waals surface area contributed by atoms with Crippen molar-refractivity contribution >= 4 is 11.6 Å². The zero-order chi connectivity index (χ0) is 22.6. The molecule has 0 saturated carbocycles. The van der Waals surface area contributed by atoms with Gasteiger partial charge in [0.2, 0.25) is 0 Å². The lowest BCUT2D eigenvalue weighted by Crippen LogP contribution is -2.26. The van der Waals surface area contributed by atoms with Crippen LogP contribution in [0.2, 0.25) is 0 Å². The number of pyridine rings is 1. The SMILES string of the molecule is COc1ccc(-c2nn(-c3ccccc3)cc2C(=O)NCCc2nnc3ccccn23)cc1. The number of hydrogen-bond acceptors (Lipinski definition) is 5. The summed E-state index contributed by atoms with van der Waals surface area (Å²) >= 11 is 0. The zero-order valence-corrected chi connectivity index (χ0v) is 18.0. The first-order valence-electron chi connectivity index (χ1n) is 10.6. The molecule has 5 aromatic rings. The molecule has 0 aliphatic rings. The zero-order valence-electron chi connectivity index (χ0n) is 18.0. The van der Waals surface area contributed by atoms with Gasteiger partial charge in [-0.05, 0) is 48.5 Å². The molecular weight excluding hydrogens is 416 g/mol. The molecular formula is C25H22N6O2. The quantitative estimate of drug-likeness (QED) is 0.420. The average Bonchev–Trinajstić information content (AvgIpc) is 3.50. The third kappa shape index (κ3) is 4.18.